The lowest BCUT2D eigenvalue weighted by atomic mass is 10.1. The number of benzene rings is 2. The van der Waals surface area contributed by atoms with Crippen molar-refractivity contribution in [1.82, 2.24) is 10.2 Å². The molecule has 0 aliphatic carbocycles. The molecule has 1 atom stereocenters. The summed E-state index contributed by atoms with van der Waals surface area (Å²) in [5.41, 5.74) is 0.845. The number of nitrogens with one attached hydrogen (secondary N) is 1. The van der Waals surface area contributed by atoms with Crippen LogP contribution in [0.1, 0.15) is 32.3 Å². The van der Waals surface area contributed by atoms with Crippen LogP contribution in [0.3, 0.4) is 0 Å². The minimum atomic E-state index is -0.674. The maximum Gasteiger partial charge on any atom is 0.261 e. The molecule has 7 heteroatoms. The van der Waals surface area contributed by atoms with Crippen molar-refractivity contribution in [2.24, 2.45) is 0 Å². The normalized spacial score (nSPS) is 11.6. The molecule has 2 rings (SSSR count). The Balaban J connectivity index is 2.08. The zero-order valence-electron chi connectivity index (χ0n) is 16.7. The molecule has 29 heavy (non-hydrogen) atoms. The maximum absolute atomic E-state index is 13.0. The number of halogens is 2. The van der Waals surface area contributed by atoms with Gasteiger partial charge in [-0.3, -0.25) is 9.59 Å². The highest BCUT2D eigenvalue weighted by atomic mass is 35.5. The van der Waals surface area contributed by atoms with Gasteiger partial charge < -0.3 is 15.0 Å². The second-order valence-corrected chi connectivity index (χ2v) is 7.15. The summed E-state index contributed by atoms with van der Waals surface area (Å²) in [7, 11) is 0. The highest BCUT2D eigenvalue weighted by Crippen LogP contribution is 2.15. The fourth-order valence-electron chi connectivity index (χ4n) is 2.66. The quantitative estimate of drug-likeness (QED) is 0.586. The topological polar surface area (TPSA) is 58.6 Å². The molecule has 0 aromatic heterocycles. The minimum Gasteiger partial charge on any atom is -0.484 e. The summed E-state index contributed by atoms with van der Waals surface area (Å²) in [4.78, 5) is 26.8. The van der Waals surface area contributed by atoms with Crippen LogP contribution < -0.4 is 10.1 Å². The van der Waals surface area contributed by atoms with Gasteiger partial charge in [0, 0.05) is 18.1 Å². The number of unbranched alkanes of at least 4 members (excludes halogenated alkanes) is 1. The molecule has 0 aliphatic rings. The lowest BCUT2D eigenvalue weighted by Crippen LogP contribution is -2.49. The maximum atomic E-state index is 13.0. The molecule has 1 N–H and O–H groups in total. The van der Waals surface area contributed by atoms with E-state index in [0.29, 0.717) is 17.3 Å². The largest absolute Gasteiger partial charge is 0.484 e. The van der Waals surface area contributed by atoms with E-state index < -0.39 is 6.04 Å². The third kappa shape index (κ3) is 7.38. The van der Waals surface area contributed by atoms with E-state index in [1.54, 1.807) is 19.1 Å². The van der Waals surface area contributed by atoms with Crippen LogP contribution in [0.4, 0.5) is 4.39 Å². The van der Waals surface area contributed by atoms with Gasteiger partial charge in [0.15, 0.2) is 6.61 Å². The van der Waals surface area contributed by atoms with E-state index in [9.17, 15) is 14.0 Å². The fourth-order valence-corrected chi connectivity index (χ4v) is 2.79. The number of carbonyl (C=O) groups is 2. The summed E-state index contributed by atoms with van der Waals surface area (Å²) in [5.74, 6) is -0.568. The van der Waals surface area contributed by atoms with Crippen LogP contribution >= 0.6 is 11.6 Å². The predicted octanol–water partition coefficient (Wildman–Crippen LogP) is 4.19. The second kappa shape index (κ2) is 11.4. The summed E-state index contributed by atoms with van der Waals surface area (Å²) in [5, 5.41) is 3.45. The number of amides is 2. The molecule has 156 valence electrons. The molecule has 0 heterocycles. The van der Waals surface area contributed by atoms with Gasteiger partial charge in [-0.05, 0) is 55.3 Å². The monoisotopic (exact) mass is 420 g/mol. The van der Waals surface area contributed by atoms with Gasteiger partial charge in [-0.25, -0.2) is 4.39 Å². The third-order valence-electron chi connectivity index (χ3n) is 4.44. The van der Waals surface area contributed by atoms with E-state index in [-0.39, 0.29) is 30.8 Å². The number of carbonyl (C=O) groups excluding carboxylic acids is 2. The molecule has 2 aromatic rings. The lowest BCUT2D eigenvalue weighted by Gasteiger charge is -2.28. The van der Waals surface area contributed by atoms with Gasteiger partial charge in [-0.2, -0.15) is 0 Å². The lowest BCUT2D eigenvalue weighted by molar-refractivity contribution is -0.142. The summed E-state index contributed by atoms with van der Waals surface area (Å²) in [6.45, 7) is 4.28. The number of hydrogen-bond donors (Lipinski definition) is 1. The van der Waals surface area contributed by atoms with Gasteiger partial charge in [0.05, 0.1) is 0 Å². The Morgan fingerprint density at radius 3 is 2.41 bits per heavy atom. The minimum absolute atomic E-state index is 0.220. The van der Waals surface area contributed by atoms with Crippen molar-refractivity contribution in [2.75, 3.05) is 13.2 Å². The van der Waals surface area contributed by atoms with Crippen LogP contribution in [0.5, 0.6) is 5.75 Å². The Bertz CT molecular complexity index is 797. The zero-order valence-corrected chi connectivity index (χ0v) is 17.4. The van der Waals surface area contributed by atoms with Crippen molar-refractivity contribution >= 4 is 23.4 Å². The molecule has 0 saturated carbocycles. The highest BCUT2D eigenvalue weighted by molar-refractivity contribution is 6.30. The first kappa shape index (κ1) is 22.7. The molecule has 2 amide bonds. The Kier molecular flexibility index (Phi) is 8.93. The fraction of sp³-hybridized carbons (Fsp3) is 0.364. The predicted molar refractivity (Wildman–Crippen MR) is 111 cm³/mol. The average Bonchev–Trinajstić information content (AvgIpc) is 2.72. The smallest absolute Gasteiger partial charge is 0.261 e. The van der Waals surface area contributed by atoms with E-state index in [2.05, 4.69) is 5.32 Å². The summed E-state index contributed by atoms with van der Waals surface area (Å²) in [6.07, 6.45) is 1.84. The Morgan fingerprint density at radius 2 is 1.79 bits per heavy atom. The van der Waals surface area contributed by atoms with Crippen molar-refractivity contribution in [3.8, 4) is 5.75 Å². The highest BCUT2D eigenvalue weighted by Gasteiger charge is 2.26. The molecule has 0 aliphatic heterocycles. The van der Waals surface area contributed by atoms with Crippen LogP contribution in [0.15, 0.2) is 48.5 Å². The Hall–Kier alpha value is -2.60. The van der Waals surface area contributed by atoms with E-state index in [1.165, 1.54) is 29.2 Å². The molecule has 5 nitrogen and oxygen atoms in total. The van der Waals surface area contributed by atoms with Crippen molar-refractivity contribution < 1.29 is 18.7 Å². The van der Waals surface area contributed by atoms with Crippen LogP contribution in [-0.4, -0.2) is 35.9 Å². The second-order valence-electron chi connectivity index (χ2n) is 6.71. The molecular weight excluding hydrogens is 395 g/mol. The van der Waals surface area contributed by atoms with Crippen molar-refractivity contribution in [3.05, 3.63) is 64.9 Å². The van der Waals surface area contributed by atoms with E-state index in [4.69, 9.17) is 16.3 Å². The first-order chi connectivity index (χ1) is 13.9. The van der Waals surface area contributed by atoms with Gasteiger partial charge in [-0.1, -0.05) is 37.1 Å². The van der Waals surface area contributed by atoms with Gasteiger partial charge >= 0.3 is 0 Å². The molecule has 0 fully saturated rings. The zero-order chi connectivity index (χ0) is 21.2. The molecule has 0 spiro atoms. The number of rotatable bonds is 10. The SMILES string of the molecule is CCCCNC(=O)C(C)N(Cc1ccc(Cl)cc1)C(=O)COc1ccc(F)cc1. The van der Waals surface area contributed by atoms with Crippen molar-refractivity contribution in [1.29, 1.82) is 0 Å². The number of ether oxygens (including phenoxy) is 1. The van der Waals surface area contributed by atoms with Crippen molar-refractivity contribution in [2.45, 2.75) is 39.3 Å². The Labute approximate surface area is 175 Å². The van der Waals surface area contributed by atoms with Gasteiger partial charge in [0.1, 0.15) is 17.6 Å². The first-order valence-electron chi connectivity index (χ1n) is 9.60. The molecule has 0 radical (unpaired) electrons. The van der Waals surface area contributed by atoms with Crippen molar-refractivity contribution in [3.63, 3.8) is 0 Å². The first-order valence-corrected chi connectivity index (χ1v) is 9.98. The molecular formula is C22H26ClFN2O3. The average molecular weight is 421 g/mol. The molecule has 2 aromatic carbocycles. The summed E-state index contributed by atoms with van der Waals surface area (Å²) >= 11 is 5.93. The van der Waals surface area contributed by atoms with Gasteiger partial charge in [-0.15, -0.1) is 0 Å². The Morgan fingerprint density at radius 1 is 1.14 bits per heavy atom. The molecule has 0 bridgehead atoms. The van der Waals surface area contributed by atoms with Gasteiger partial charge in [0.2, 0.25) is 5.91 Å². The van der Waals surface area contributed by atoms with E-state index in [0.717, 1.165) is 18.4 Å². The summed E-state index contributed by atoms with van der Waals surface area (Å²) < 4.78 is 18.5. The van der Waals surface area contributed by atoms with Crippen LogP contribution in [0.25, 0.3) is 0 Å². The number of nitrogens with zero attached hydrogens (tertiary/aromatic N) is 1. The number of hydrogen-bond acceptors (Lipinski definition) is 3. The van der Waals surface area contributed by atoms with Crippen LogP contribution in [0.2, 0.25) is 5.02 Å². The molecule has 0 saturated heterocycles. The van der Waals surface area contributed by atoms with E-state index >= 15 is 0 Å². The summed E-state index contributed by atoms with van der Waals surface area (Å²) in [6, 6.07) is 11.8. The molecule has 1 unspecified atom stereocenters. The van der Waals surface area contributed by atoms with E-state index in [1.807, 2.05) is 19.1 Å². The van der Waals surface area contributed by atoms with Crippen LogP contribution in [-0.2, 0) is 16.1 Å². The van der Waals surface area contributed by atoms with Gasteiger partial charge in [0.25, 0.3) is 5.91 Å². The standard InChI is InChI=1S/C22H26ClFN2O3/c1-3-4-13-25-22(28)16(2)26(14-17-5-7-18(23)8-6-17)21(27)15-29-20-11-9-19(24)10-12-20/h5-12,16H,3-4,13-15H2,1-2H3,(H,25,28). The third-order valence-corrected chi connectivity index (χ3v) is 4.69. The van der Waals surface area contributed by atoms with Crippen LogP contribution in [0, 0.1) is 5.82 Å².